The van der Waals surface area contributed by atoms with E-state index in [1.807, 2.05) is 0 Å². The van der Waals surface area contributed by atoms with Crippen molar-refractivity contribution in [2.24, 2.45) is 11.8 Å². The van der Waals surface area contributed by atoms with Crippen LogP contribution in [-0.4, -0.2) is 23.7 Å². The maximum atomic E-state index is 10.6. The van der Waals surface area contributed by atoms with E-state index in [0.29, 0.717) is 12.0 Å². The average Bonchev–Trinajstić information content (AvgIpc) is 2.40. The molecule has 0 bridgehead atoms. The van der Waals surface area contributed by atoms with Crippen LogP contribution in [0.15, 0.2) is 0 Å². The highest BCUT2D eigenvalue weighted by Crippen LogP contribution is 2.36. The van der Waals surface area contributed by atoms with Gasteiger partial charge in [-0.3, -0.25) is 4.79 Å². The molecule has 3 heteroatoms. The van der Waals surface area contributed by atoms with Crippen LogP contribution in [0, 0.1) is 11.8 Å². The Balaban J connectivity index is 1.99. The van der Waals surface area contributed by atoms with Gasteiger partial charge in [-0.25, -0.2) is 0 Å². The number of hydrogen-bond donors (Lipinski definition) is 2. The molecule has 2 aliphatic rings. The standard InChI is InChI=1S/C8H13NO2/c10-8(11)6-3-5-1-2-9-7(5)4-6/h5-7,9H,1-4H2,(H,10,11)/t5-,6-,7+/m0/s1. The van der Waals surface area contributed by atoms with Gasteiger partial charge in [0, 0.05) is 6.04 Å². The smallest absolute Gasteiger partial charge is 0.306 e. The van der Waals surface area contributed by atoms with Crippen molar-refractivity contribution in [1.29, 1.82) is 0 Å². The van der Waals surface area contributed by atoms with E-state index in [2.05, 4.69) is 5.32 Å². The van der Waals surface area contributed by atoms with Crippen LogP contribution < -0.4 is 5.32 Å². The van der Waals surface area contributed by atoms with Crippen molar-refractivity contribution in [3.05, 3.63) is 0 Å². The predicted molar refractivity (Wildman–Crippen MR) is 40.3 cm³/mol. The molecule has 1 aliphatic heterocycles. The third-order valence-corrected chi connectivity index (χ3v) is 2.97. The topological polar surface area (TPSA) is 49.3 Å². The average molecular weight is 155 g/mol. The van der Waals surface area contributed by atoms with Gasteiger partial charge in [-0.2, -0.15) is 0 Å². The third-order valence-electron chi connectivity index (χ3n) is 2.97. The molecule has 2 N–H and O–H groups in total. The van der Waals surface area contributed by atoms with Crippen molar-refractivity contribution in [2.75, 3.05) is 6.54 Å². The summed E-state index contributed by atoms with van der Waals surface area (Å²) in [6.45, 7) is 1.08. The lowest BCUT2D eigenvalue weighted by molar-refractivity contribution is -0.141. The normalized spacial score (nSPS) is 42.4. The second-order valence-corrected chi connectivity index (χ2v) is 3.62. The molecule has 1 aliphatic carbocycles. The first kappa shape index (κ1) is 7.10. The molecule has 2 fully saturated rings. The molecule has 62 valence electrons. The molecular weight excluding hydrogens is 142 g/mol. The lowest BCUT2D eigenvalue weighted by atomic mass is 10.0. The molecule has 0 radical (unpaired) electrons. The van der Waals surface area contributed by atoms with Gasteiger partial charge in [0.1, 0.15) is 0 Å². The fourth-order valence-electron chi connectivity index (χ4n) is 2.35. The highest BCUT2D eigenvalue weighted by Gasteiger charge is 2.39. The molecule has 0 amide bonds. The van der Waals surface area contributed by atoms with Gasteiger partial charge < -0.3 is 10.4 Å². The summed E-state index contributed by atoms with van der Waals surface area (Å²) in [5.74, 6) is -0.0323. The van der Waals surface area contributed by atoms with Crippen LogP contribution in [0.1, 0.15) is 19.3 Å². The number of carbonyl (C=O) groups is 1. The largest absolute Gasteiger partial charge is 0.481 e. The molecule has 0 aromatic rings. The minimum Gasteiger partial charge on any atom is -0.481 e. The van der Waals surface area contributed by atoms with Gasteiger partial charge in [0.05, 0.1) is 5.92 Å². The zero-order valence-electron chi connectivity index (χ0n) is 6.42. The lowest BCUT2D eigenvalue weighted by Crippen LogP contribution is -2.23. The summed E-state index contributed by atoms with van der Waals surface area (Å²) >= 11 is 0. The maximum absolute atomic E-state index is 10.6. The van der Waals surface area contributed by atoms with Gasteiger partial charge in [-0.1, -0.05) is 0 Å². The molecule has 0 unspecified atom stereocenters. The van der Waals surface area contributed by atoms with E-state index in [0.717, 1.165) is 19.4 Å². The fraction of sp³-hybridized carbons (Fsp3) is 0.875. The van der Waals surface area contributed by atoms with Gasteiger partial charge in [0.2, 0.25) is 0 Å². The molecule has 0 spiro atoms. The Bertz CT molecular complexity index is 169. The summed E-state index contributed by atoms with van der Waals surface area (Å²) < 4.78 is 0. The number of nitrogens with one attached hydrogen (secondary N) is 1. The van der Waals surface area contributed by atoms with Crippen molar-refractivity contribution in [3.63, 3.8) is 0 Å². The lowest BCUT2D eigenvalue weighted by Gasteiger charge is -2.05. The van der Waals surface area contributed by atoms with Crippen LogP contribution in [0.5, 0.6) is 0 Å². The molecular formula is C8H13NO2. The molecule has 1 heterocycles. The molecule has 0 aromatic carbocycles. The summed E-state index contributed by atoms with van der Waals surface area (Å²) in [5, 5.41) is 12.1. The van der Waals surface area contributed by atoms with E-state index < -0.39 is 5.97 Å². The van der Waals surface area contributed by atoms with Gasteiger partial charge in [0.25, 0.3) is 0 Å². The van der Waals surface area contributed by atoms with Crippen LogP contribution in [0.3, 0.4) is 0 Å². The Labute approximate surface area is 65.8 Å². The van der Waals surface area contributed by atoms with Gasteiger partial charge in [0.15, 0.2) is 0 Å². The molecule has 1 saturated carbocycles. The van der Waals surface area contributed by atoms with Crippen LogP contribution in [0.25, 0.3) is 0 Å². The maximum Gasteiger partial charge on any atom is 0.306 e. The first-order valence-electron chi connectivity index (χ1n) is 4.23. The molecule has 2 rings (SSSR count). The Morgan fingerprint density at radius 3 is 2.91 bits per heavy atom. The van der Waals surface area contributed by atoms with Crippen molar-refractivity contribution in [3.8, 4) is 0 Å². The zero-order chi connectivity index (χ0) is 7.84. The Kier molecular flexibility index (Phi) is 1.60. The minimum absolute atomic E-state index is 0.0715. The van der Waals surface area contributed by atoms with Crippen LogP contribution >= 0.6 is 0 Å². The first-order valence-corrected chi connectivity index (χ1v) is 4.23. The molecule has 1 saturated heterocycles. The SMILES string of the molecule is O=C(O)[C@H]1C[C@@H]2CCN[C@@H]2C1. The van der Waals surface area contributed by atoms with E-state index in [-0.39, 0.29) is 5.92 Å². The molecule has 3 atom stereocenters. The van der Waals surface area contributed by atoms with Gasteiger partial charge >= 0.3 is 5.97 Å². The Morgan fingerprint density at radius 2 is 2.27 bits per heavy atom. The van der Waals surface area contributed by atoms with Crippen molar-refractivity contribution >= 4 is 5.97 Å². The highest BCUT2D eigenvalue weighted by atomic mass is 16.4. The minimum atomic E-state index is -0.610. The van der Waals surface area contributed by atoms with Crippen LogP contribution in [-0.2, 0) is 4.79 Å². The summed E-state index contributed by atoms with van der Waals surface area (Å²) in [6.07, 6.45) is 2.92. The zero-order valence-corrected chi connectivity index (χ0v) is 6.42. The van der Waals surface area contributed by atoms with Crippen molar-refractivity contribution in [1.82, 2.24) is 5.32 Å². The number of carboxylic acid groups (broad SMARTS) is 1. The number of rotatable bonds is 1. The van der Waals surface area contributed by atoms with E-state index in [9.17, 15) is 4.79 Å². The number of hydrogen-bond acceptors (Lipinski definition) is 2. The molecule has 3 nitrogen and oxygen atoms in total. The van der Waals surface area contributed by atoms with Gasteiger partial charge in [-0.05, 0) is 31.7 Å². The fourth-order valence-corrected chi connectivity index (χ4v) is 2.35. The number of fused-ring (bicyclic) bond motifs is 1. The third kappa shape index (κ3) is 1.13. The first-order chi connectivity index (χ1) is 5.27. The highest BCUT2D eigenvalue weighted by molar-refractivity contribution is 5.70. The molecule has 0 aromatic heterocycles. The second-order valence-electron chi connectivity index (χ2n) is 3.62. The van der Waals surface area contributed by atoms with Gasteiger partial charge in [-0.15, -0.1) is 0 Å². The monoisotopic (exact) mass is 155 g/mol. The van der Waals surface area contributed by atoms with Crippen molar-refractivity contribution < 1.29 is 9.90 Å². The summed E-state index contributed by atoms with van der Waals surface area (Å²) in [6, 6.07) is 0.510. The van der Waals surface area contributed by atoms with E-state index >= 15 is 0 Å². The number of aliphatic carboxylic acids is 1. The van der Waals surface area contributed by atoms with E-state index in [4.69, 9.17) is 5.11 Å². The summed E-state index contributed by atoms with van der Waals surface area (Å²) in [7, 11) is 0. The Hall–Kier alpha value is -0.570. The van der Waals surface area contributed by atoms with Crippen LogP contribution in [0.2, 0.25) is 0 Å². The van der Waals surface area contributed by atoms with E-state index in [1.165, 1.54) is 6.42 Å². The Morgan fingerprint density at radius 1 is 1.45 bits per heavy atom. The predicted octanol–water partition coefficient (Wildman–Crippen LogP) is 0.459. The summed E-state index contributed by atoms with van der Waals surface area (Å²) in [4.78, 5) is 10.6. The van der Waals surface area contributed by atoms with Crippen molar-refractivity contribution in [2.45, 2.75) is 25.3 Å². The quantitative estimate of drug-likeness (QED) is 0.578. The van der Waals surface area contributed by atoms with E-state index in [1.54, 1.807) is 0 Å². The summed E-state index contributed by atoms with van der Waals surface area (Å²) in [5.41, 5.74) is 0. The number of carboxylic acids is 1. The second kappa shape index (κ2) is 2.48. The van der Waals surface area contributed by atoms with Crippen LogP contribution in [0.4, 0.5) is 0 Å². The molecule has 11 heavy (non-hydrogen) atoms.